The summed E-state index contributed by atoms with van der Waals surface area (Å²) in [4.78, 5) is 42.6. The van der Waals surface area contributed by atoms with E-state index < -0.39 is 18.4 Å². The molecule has 3 amide bonds. The molecule has 212 valence electrons. The lowest BCUT2D eigenvalue weighted by Gasteiger charge is -2.42. The van der Waals surface area contributed by atoms with Gasteiger partial charge in [0, 0.05) is 42.6 Å². The zero-order valence-electron chi connectivity index (χ0n) is 21.9. The van der Waals surface area contributed by atoms with E-state index in [0.29, 0.717) is 28.1 Å². The van der Waals surface area contributed by atoms with E-state index in [4.69, 9.17) is 16.3 Å². The fourth-order valence-corrected chi connectivity index (χ4v) is 5.72. The van der Waals surface area contributed by atoms with Crippen LogP contribution in [0, 0.1) is 5.92 Å². The molecule has 2 aromatic rings. The van der Waals surface area contributed by atoms with Gasteiger partial charge in [-0.2, -0.15) is 0 Å². The highest BCUT2D eigenvalue weighted by molar-refractivity contribution is 7.18. The number of alkyl halides is 2. The fourth-order valence-electron chi connectivity index (χ4n) is 4.76. The van der Waals surface area contributed by atoms with Crippen LogP contribution in [-0.2, 0) is 14.3 Å². The Morgan fingerprint density at radius 2 is 2.00 bits per heavy atom. The van der Waals surface area contributed by atoms with Crippen molar-refractivity contribution in [2.45, 2.75) is 51.6 Å². The van der Waals surface area contributed by atoms with E-state index in [1.54, 1.807) is 18.2 Å². The maximum absolute atomic E-state index is 14.1. The highest BCUT2D eigenvalue weighted by atomic mass is 35.5. The molecule has 12 heteroatoms. The molecule has 0 unspecified atom stereocenters. The van der Waals surface area contributed by atoms with Crippen molar-refractivity contribution < 1.29 is 27.9 Å². The van der Waals surface area contributed by atoms with Crippen molar-refractivity contribution in [3.05, 3.63) is 45.1 Å². The molecule has 1 atom stereocenters. The van der Waals surface area contributed by atoms with Gasteiger partial charge in [0.2, 0.25) is 5.91 Å². The molecule has 2 N–H and O–H groups in total. The highest BCUT2D eigenvalue weighted by Crippen LogP contribution is 2.33. The van der Waals surface area contributed by atoms with E-state index in [2.05, 4.69) is 15.5 Å². The Morgan fingerprint density at radius 1 is 1.23 bits per heavy atom. The van der Waals surface area contributed by atoms with Crippen LogP contribution in [0.1, 0.15) is 54.8 Å². The molecule has 8 nitrogen and oxygen atoms in total. The monoisotopic (exact) mass is 582 g/mol. The zero-order valence-corrected chi connectivity index (χ0v) is 23.5. The Morgan fingerprint density at radius 3 is 2.59 bits per heavy atom. The van der Waals surface area contributed by atoms with Crippen LogP contribution < -0.4 is 15.5 Å². The molecule has 1 aromatic carbocycles. The van der Waals surface area contributed by atoms with Gasteiger partial charge in [0.15, 0.2) is 0 Å². The second-order valence-corrected chi connectivity index (χ2v) is 11.9. The topological polar surface area (TPSA) is 91.0 Å². The minimum atomic E-state index is -2.88. The number of hydrogen-bond donors (Lipinski definition) is 2. The molecule has 1 aliphatic carbocycles. The van der Waals surface area contributed by atoms with Gasteiger partial charge in [0.1, 0.15) is 12.6 Å². The molecule has 1 aliphatic heterocycles. The number of halogens is 3. The van der Waals surface area contributed by atoms with Gasteiger partial charge in [-0.1, -0.05) is 31.9 Å². The Hall–Kier alpha value is -2.60. The van der Waals surface area contributed by atoms with Crippen molar-refractivity contribution in [2.75, 3.05) is 43.1 Å². The lowest BCUT2D eigenvalue weighted by atomic mass is 9.89. The fraction of sp³-hybridized carbons (Fsp3) is 0.519. The van der Waals surface area contributed by atoms with E-state index in [1.165, 1.54) is 17.0 Å². The number of thiophene rings is 1. The number of carbonyl (C=O) groups is 3. The summed E-state index contributed by atoms with van der Waals surface area (Å²) in [5, 5.41) is 5.54. The molecule has 0 bridgehead atoms. The molecular formula is C27H33ClF2N4O4S. The number of carbonyl (C=O) groups excluding carboxylic acids is 3. The maximum Gasteiger partial charge on any atom is 0.265 e. The van der Waals surface area contributed by atoms with Gasteiger partial charge < -0.3 is 20.3 Å². The van der Waals surface area contributed by atoms with Crippen LogP contribution in [0.25, 0.3) is 0 Å². The van der Waals surface area contributed by atoms with Crippen LogP contribution in [-0.4, -0.2) is 67.6 Å². The lowest BCUT2D eigenvalue weighted by Crippen LogP contribution is -2.57. The van der Waals surface area contributed by atoms with Gasteiger partial charge in [0.25, 0.3) is 18.2 Å². The van der Waals surface area contributed by atoms with Crippen molar-refractivity contribution in [3.8, 4) is 0 Å². The van der Waals surface area contributed by atoms with Gasteiger partial charge in [-0.3, -0.25) is 19.3 Å². The van der Waals surface area contributed by atoms with Crippen LogP contribution in [0.2, 0.25) is 4.34 Å². The number of rotatable bonds is 11. The number of hydrogen-bond acceptors (Lipinski definition) is 6. The van der Waals surface area contributed by atoms with E-state index in [1.807, 2.05) is 13.8 Å². The molecule has 2 heterocycles. The summed E-state index contributed by atoms with van der Waals surface area (Å²) >= 11 is 7.11. The summed E-state index contributed by atoms with van der Waals surface area (Å²) < 4.78 is 33.9. The summed E-state index contributed by atoms with van der Waals surface area (Å²) in [5.41, 5.74) is -0.0833. The van der Waals surface area contributed by atoms with Crippen molar-refractivity contribution in [1.29, 1.82) is 0 Å². The predicted octanol–water partition coefficient (Wildman–Crippen LogP) is 4.95. The summed E-state index contributed by atoms with van der Waals surface area (Å²) in [6, 6.07) is 6.81. The van der Waals surface area contributed by atoms with Crippen LogP contribution in [0.5, 0.6) is 0 Å². The summed E-state index contributed by atoms with van der Waals surface area (Å²) in [7, 11) is 0. The maximum atomic E-state index is 14.1. The third-order valence-electron chi connectivity index (χ3n) is 6.90. The van der Waals surface area contributed by atoms with Crippen molar-refractivity contribution >= 4 is 52.0 Å². The number of nitrogens with one attached hydrogen (secondary N) is 2. The van der Waals surface area contributed by atoms with Gasteiger partial charge in [-0.15, -0.1) is 11.3 Å². The Bertz CT molecular complexity index is 1190. The lowest BCUT2D eigenvalue weighted by molar-refractivity contribution is -0.125. The van der Waals surface area contributed by atoms with Gasteiger partial charge in [0.05, 0.1) is 15.8 Å². The third-order valence-corrected chi connectivity index (χ3v) is 8.13. The molecule has 0 spiro atoms. The van der Waals surface area contributed by atoms with Crippen LogP contribution in [0.3, 0.4) is 0 Å². The Balaban J connectivity index is 1.57. The molecular weight excluding hydrogens is 550 g/mol. The molecule has 2 aliphatic rings. The third kappa shape index (κ3) is 7.33. The first-order valence-electron chi connectivity index (χ1n) is 13.0. The number of amides is 3. The van der Waals surface area contributed by atoms with Crippen molar-refractivity contribution in [3.63, 3.8) is 0 Å². The second-order valence-electron chi connectivity index (χ2n) is 10.2. The molecule has 4 rings (SSSR count). The molecule has 39 heavy (non-hydrogen) atoms. The number of nitrogens with zero attached hydrogens (tertiary/aromatic N) is 2. The zero-order chi connectivity index (χ0) is 28.1. The summed E-state index contributed by atoms with van der Waals surface area (Å²) in [6.45, 7) is 5.18. The van der Waals surface area contributed by atoms with Crippen LogP contribution in [0.4, 0.5) is 20.2 Å². The van der Waals surface area contributed by atoms with Gasteiger partial charge in [-0.05, 0) is 49.1 Å². The first kappa shape index (κ1) is 29.4. The van der Waals surface area contributed by atoms with Gasteiger partial charge in [-0.25, -0.2) is 8.78 Å². The minimum Gasteiger partial charge on any atom is -0.370 e. The minimum absolute atomic E-state index is 0.00772. The quantitative estimate of drug-likeness (QED) is 0.391. The SMILES string of the molecule is CC(C)CN(C1CCC1)[C@H](CNC(=O)c1ccc(Cl)s1)C(=O)Nc1ccc(N2CCOCC2=O)cc1C(F)F. The van der Waals surface area contributed by atoms with E-state index in [-0.39, 0.29) is 54.7 Å². The van der Waals surface area contributed by atoms with Crippen molar-refractivity contribution in [1.82, 2.24) is 10.2 Å². The molecule has 1 saturated heterocycles. The normalized spacial score (nSPS) is 17.0. The highest BCUT2D eigenvalue weighted by Gasteiger charge is 2.36. The molecule has 1 aromatic heterocycles. The smallest absolute Gasteiger partial charge is 0.265 e. The van der Waals surface area contributed by atoms with E-state index >= 15 is 0 Å². The predicted molar refractivity (Wildman–Crippen MR) is 148 cm³/mol. The van der Waals surface area contributed by atoms with Gasteiger partial charge >= 0.3 is 0 Å². The summed E-state index contributed by atoms with van der Waals surface area (Å²) in [6.07, 6.45) is 0.0206. The number of anilines is 2. The van der Waals surface area contributed by atoms with E-state index in [9.17, 15) is 23.2 Å². The first-order valence-corrected chi connectivity index (χ1v) is 14.2. The van der Waals surface area contributed by atoms with Crippen molar-refractivity contribution in [2.24, 2.45) is 5.92 Å². The number of ether oxygens (including phenoxy) is 1. The average Bonchev–Trinajstić information content (AvgIpc) is 3.29. The molecule has 2 fully saturated rings. The number of morpholine rings is 1. The van der Waals surface area contributed by atoms with E-state index in [0.717, 1.165) is 30.6 Å². The van der Waals surface area contributed by atoms with Crippen LogP contribution in [0.15, 0.2) is 30.3 Å². The second kappa shape index (κ2) is 13.2. The summed E-state index contributed by atoms with van der Waals surface area (Å²) in [5.74, 6) is -0.902. The Labute approximate surface area is 235 Å². The first-order chi connectivity index (χ1) is 18.6. The molecule has 0 radical (unpaired) electrons. The standard InChI is InChI=1S/C27H33ClF2N4O4S/c1-16(2)14-34(17-4-3-5-17)21(13-31-27(37)22-8-9-23(28)39-22)26(36)32-20-7-6-18(12-19(20)25(29)30)33-10-11-38-15-24(33)35/h6-9,12,16-17,21,25H,3-5,10-11,13-15H2,1-2H3,(H,31,37)(H,32,36)/t21-/m1/s1. The largest absolute Gasteiger partial charge is 0.370 e. The van der Waals surface area contributed by atoms with Crippen LogP contribution >= 0.6 is 22.9 Å². The number of benzene rings is 1. The Kier molecular flexibility index (Phi) is 9.92. The average molecular weight is 583 g/mol. The molecule has 1 saturated carbocycles.